The Hall–Kier alpha value is -3.22. The van der Waals surface area contributed by atoms with Crippen molar-refractivity contribution < 1.29 is 57.5 Å². The number of carbonyl (C=O) groups excluding carboxylic acids is 4. The molecule has 1 unspecified atom stereocenters. The van der Waals surface area contributed by atoms with Crippen LogP contribution < -0.4 is 0 Å². The summed E-state index contributed by atoms with van der Waals surface area (Å²) in [5.74, 6) is -7.85. The van der Waals surface area contributed by atoms with Crippen molar-refractivity contribution in [3.05, 3.63) is 35.8 Å². The summed E-state index contributed by atoms with van der Waals surface area (Å²) in [6.45, 7) is 13.7. The molecule has 4 heterocycles. The normalized spacial score (nSPS) is 42.7. The zero-order valence-corrected chi connectivity index (χ0v) is 28.4. The first-order valence-corrected chi connectivity index (χ1v) is 16.4. The summed E-state index contributed by atoms with van der Waals surface area (Å²) >= 11 is 0. The van der Waals surface area contributed by atoms with Crippen LogP contribution >= 0.6 is 0 Å². The molecule has 0 radical (unpaired) electrons. The molecule has 12 heteroatoms. The van der Waals surface area contributed by atoms with Crippen molar-refractivity contribution in [1.29, 1.82) is 0 Å². The van der Waals surface area contributed by atoms with Crippen molar-refractivity contribution >= 4 is 23.9 Å². The van der Waals surface area contributed by atoms with E-state index < -0.39 is 99.1 Å². The molecule has 6 rings (SSSR count). The SMILES string of the molecule is COC(=O)C[C@H]1C(C)(C)[C@H](OC(=O)C(C)C)[C@]2(O)[C@@H](OC(=O)C(C)C)[C@@]34O[C@]2(O)[C@]1(C)C3CC[C@]1(C)C4=CC(=O)O[C@H]1c1ccoc1. The zero-order valence-electron chi connectivity index (χ0n) is 28.4. The maximum absolute atomic E-state index is 13.6. The fourth-order valence-corrected chi connectivity index (χ4v) is 10.1. The first kappa shape index (κ1) is 33.7. The van der Waals surface area contributed by atoms with Crippen LogP contribution in [0.5, 0.6) is 0 Å². The van der Waals surface area contributed by atoms with Gasteiger partial charge < -0.3 is 38.3 Å². The predicted molar refractivity (Wildman–Crippen MR) is 162 cm³/mol. The zero-order chi connectivity index (χ0) is 34.7. The Morgan fingerprint density at radius 1 is 1.00 bits per heavy atom. The third kappa shape index (κ3) is 3.98. The van der Waals surface area contributed by atoms with Crippen molar-refractivity contribution in [3.8, 4) is 0 Å². The van der Waals surface area contributed by atoms with E-state index in [-0.39, 0.29) is 6.42 Å². The Bertz CT molecular complexity index is 1530. The van der Waals surface area contributed by atoms with Gasteiger partial charge in [-0.25, -0.2) is 4.79 Å². The van der Waals surface area contributed by atoms with Crippen molar-refractivity contribution in [2.24, 2.45) is 39.9 Å². The number of methoxy groups -OCH3 is 1. The Kier molecular flexibility index (Phi) is 7.44. The molecule has 2 saturated heterocycles. The van der Waals surface area contributed by atoms with Gasteiger partial charge in [-0.2, -0.15) is 0 Å². The standard InChI is InChI=1S/C35H46O12/c1-17(2)26(38)45-28-30(5,6)21(14-23(36)42-9)32(8)20-10-12-31(7)22(15-24(37)44-25(31)19-11-13-43-16-19)33(20)29(46-27(39)18(3)4)34(28,40)35(32,41)47-33/h11,13,15-18,20-21,25,28-29,40-41H,10,12,14H2,1-9H3/t20?,21-,25-,28-,29-,31+,32+,33+,34-,35+/m0/s1. The number of ether oxygens (including phenoxy) is 5. The number of aliphatic hydroxyl groups is 2. The minimum absolute atomic E-state index is 0.198. The van der Waals surface area contributed by atoms with Gasteiger partial charge in [0.25, 0.3) is 0 Å². The summed E-state index contributed by atoms with van der Waals surface area (Å²) in [5.41, 5.74) is -6.92. The van der Waals surface area contributed by atoms with Gasteiger partial charge in [0.1, 0.15) is 17.8 Å². The van der Waals surface area contributed by atoms with Gasteiger partial charge in [0, 0.05) is 40.2 Å². The average Bonchev–Trinajstić information content (AvgIpc) is 3.65. The van der Waals surface area contributed by atoms with Crippen LogP contribution in [-0.4, -0.2) is 70.4 Å². The van der Waals surface area contributed by atoms with Crippen LogP contribution in [0.2, 0.25) is 0 Å². The van der Waals surface area contributed by atoms with E-state index in [1.54, 1.807) is 54.5 Å². The van der Waals surface area contributed by atoms with E-state index in [0.717, 1.165) is 0 Å². The molecule has 5 aliphatic rings. The molecule has 0 aromatic carbocycles. The van der Waals surface area contributed by atoms with Gasteiger partial charge in [0.05, 0.1) is 31.5 Å². The van der Waals surface area contributed by atoms with Crippen LogP contribution in [0.1, 0.15) is 86.3 Å². The van der Waals surface area contributed by atoms with E-state index in [0.29, 0.717) is 24.0 Å². The summed E-state index contributed by atoms with van der Waals surface area (Å²) in [4.78, 5) is 53.5. The number of hydrogen-bond donors (Lipinski definition) is 2. The van der Waals surface area contributed by atoms with Crippen molar-refractivity contribution in [3.63, 3.8) is 0 Å². The number of cyclic esters (lactones) is 1. The number of esters is 4. The second-order valence-corrected chi connectivity index (χ2v) is 15.7. The van der Waals surface area contributed by atoms with Crippen LogP contribution in [0, 0.1) is 39.9 Å². The van der Waals surface area contributed by atoms with Gasteiger partial charge >= 0.3 is 23.9 Å². The highest BCUT2D eigenvalue weighted by Gasteiger charge is 2.96. The Morgan fingerprint density at radius 3 is 2.17 bits per heavy atom. The van der Waals surface area contributed by atoms with E-state index in [4.69, 9.17) is 28.1 Å². The highest BCUT2D eigenvalue weighted by atomic mass is 16.7. The molecule has 12 nitrogen and oxygen atoms in total. The van der Waals surface area contributed by atoms with Crippen molar-refractivity contribution in [2.75, 3.05) is 7.11 Å². The third-order valence-electron chi connectivity index (χ3n) is 12.2. The molecule has 2 N–H and O–H groups in total. The summed E-state index contributed by atoms with van der Waals surface area (Å²) in [5, 5.41) is 26.4. The third-order valence-corrected chi connectivity index (χ3v) is 12.2. The molecular weight excluding hydrogens is 612 g/mol. The molecule has 2 saturated carbocycles. The fourth-order valence-electron chi connectivity index (χ4n) is 10.1. The highest BCUT2D eigenvalue weighted by molar-refractivity contribution is 5.86. The predicted octanol–water partition coefficient (Wildman–Crippen LogP) is 3.78. The second-order valence-electron chi connectivity index (χ2n) is 15.7. The van der Waals surface area contributed by atoms with Crippen LogP contribution in [0.4, 0.5) is 0 Å². The molecule has 47 heavy (non-hydrogen) atoms. The number of furan rings is 1. The molecule has 1 spiro atoms. The first-order chi connectivity index (χ1) is 21.8. The lowest BCUT2D eigenvalue weighted by molar-refractivity contribution is -0.386. The van der Waals surface area contributed by atoms with E-state index in [9.17, 15) is 29.4 Å². The number of fused-ring (bicyclic) bond motifs is 2. The minimum atomic E-state index is -2.55. The van der Waals surface area contributed by atoms with Crippen LogP contribution in [-0.2, 0) is 42.9 Å². The molecule has 10 atom stereocenters. The molecule has 1 aromatic rings. The number of hydrogen-bond acceptors (Lipinski definition) is 12. The maximum Gasteiger partial charge on any atom is 0.331 e. The summed E-state index contributed by atoms with van der Waals surface area (Å²) in [6, 6.07) is 1.70. The topological polar surface area (TPSA) is 168 Å². The lowest BCUT2D eigenvalue weighted by atomic mass is 9.36. The molecule has 0 amide bonds. The van der Waals surface area contributed by atoms with Gasteiger partial charge in [0.15, 0.2) is 11.7 Å². The van der Waals surface area contributed by atoms with Crippen molar-refractivity contribution in [2.45, 2.75) is 110 Å². The molecule has 2 bridgehead atoms. The maximum atomic E-state index is 13.6. The molecule has 2 aliphatic carbocycles. The fraction of sp³-hybridized carbons (Fsp3) is 0.714. The Labute approximate surface area is 274 Å². The van der Waals surface area contributed by atoms with E-state index >= 15 is 0 Å². The van der Waals surface area contributed by atoms with Gasteiger partial charge in [-0.15, -0.1) is 0 Å². The van der Waals surface area contributed by atoms with Gasteiger partial charge in [-0.3, -0.25) is 14.4 Å². The van der Waals surface area contributed by atoms with E-state index in [2.05, 4.69) is 0 Å². The molecule has 1 aromatic heterocycles. The quantitative estimate of drug-likeness (QED) is 0.322. The second kappa shape index (κ2) is 10.4. The smallest absolute Gasteiger partial charge is 0.331 e. The van der Waals surface area contributed by atoms with Crippen LogP contribution in [0.15, 0.2) is 34.7 Å². The van der Waals surface area contributed by atoms with Crippen LogP contribution in [0.25, 0.3) is 0 Å². The van der Waals surface area contributed by atoms with Gasteiger partial charge in [0.2, 0.25) is 5.79 Å². The molecule has 258 valence electrons. The van der Waals surface area contributed by atoms with Crippen LogP contribution in [0.3, 0.4) is 0 Å². The Balaban J connectivity index is 1.66. The Morgan fingerprint density at radius 2 is 1.62 bits per heavy atom. The summed E-state index contributed by atoms with van der Waals surface area (Å²) in [7, 11) is 1.27. The molecular formula is C35H46O12. The highest BCUT2D eigenvalue weighted by Crippen LogP contribution is 2.82. The number of rotatable bonds is 7. The van der Waals surface area contributed by atoms with Gasteiger partial charge in [-0.1, -0.05) is 55.4 Å². The summed E-state index contributed by atoms with van der Waals surface area (Å²) in [6.07, 6.45) is 0.913. The van der Waals surface area contributed by atoms with E-state index in [1.165, 1.54) is 25.7 Å². The molecule has 4 fully saturated rings. The lowest BCUT2D eigenvalue weighted by Gasteiger charge is -2.69. The average molecular weight is 659 g/mol. The monoisotopic (exact) mass is 658 g/mol. The largest absolute Gasteiger partial charge is 0.472 e. The van der Waals surface area contributed by atoms with Crippen molar-refractivity contribution in [1.82, 2.24) is 0 Å². The summed E-state index contributed by atoms with van der Waals surface area (Å²) < 4.78 is 35.6. The first-order valence-electron chi connectivity index (χ1n) is 16.4. The van der Waals surface area contributed by atoms with Gasteiger partial charge in [-0.05, 0) is 30.4 Å². The molecule has 3 aliphatic heterocycles. The minimum Gasteiger partial charge on any atom is -0.472 e. The number of carbonyl (C=O) groups is 4. The van der Waals surface area contributed by atoms with E-state index in [1.807, 2.05) is 6.92 Å². The lowest BCUT2D eigenvalue weighted by Crippen LogP contribution is -2.84.